The van der Waals surface area contributed by atoms with E-state index in [4.69, 9.17) is 0 Å². The third-order valence-electron chi connectivity index (χ3n) is 2.66. The van der Waals surface area contributed by atoms with E-state index in [-0.39, 0.29) is 12.1 Å². The lowest BCUT2D eigenvalue weighted by atomic mass is 10.2. The smallest absolute Gasteiger partial charge is 0.224 e. The molecular weight excluding hydrogens is 262 g/mol. The minimum Gasteiger partial charge on any atom is -0.366 e. The third-order valence-corrected chi connectivity index (χ3v) is 2.66. The highest BCUT2D eigenvalue weighted by atomic mass is 19.1. The summed E-state index contributed by atoms with van der Waals surface area (Å²) in [6.45, 7) is 2.98. The van der Waals surface area contributed by atoms with Crippen LogP contribution in [0.4, 0.5) is 20.5 Å². The van der Waals surface area contributed by atoms with Gasteiger partial charge in [0, 0.05) is 24.8 Å². The molecule has 0 aliphatic rings. The van der Waals surface area contributed by atoms with Crippen LogP contribution < -0.4 is 10.6 Å². The molecule has 0 amide bonds. The van der Waals surface area contributed by atoms with Gasteiger partial charge >= 0.3 is 0 Å². The quantitative estimate of drug-likeness (QED) is 0.852. The lowest BCUT2D eigenvalue weighted by Crippen LogP contribution is -2.08. The lowest BCUT2D eigenvalue weighted by Gasteiger charge is -2.08. The summed E-state index contributed by atoms with van der Waals surface area (Å²) in [6, 6.07) is 5.05. The molecular formula is C14H16F2N4. The zero-order chi connectivity index (χ0) is 14.4. The molecule has 1 aromatic heterocycles. The molecule has 2 rings (SSSR count). The molecule has 0 spiro atoms. The molecule has 0 saturated heterocycles. The van der Waals surface area contributed by atoms with Gasteiger partial charge in [0.15, 0.2) is 0 Å². The largest absolute Gasteiger partial charge is 0.366 e. The Bertz CT molecular complexity index is 575. The molecule has 0 atom stereocenters. The SMILES string of the molecule is CCCNc1nccc(NCc2cc(F)ccc2F)n1. The Balaban J connectivity index is 2.01. The van der Waals surface area contributed by atoms with Crippen LogP contribution in [0.3, 0.4) is 0 Å². The van der Waals surface area contributed by atoms with Crippen LogP contribution in [0.15, 0.2) is 30.5 Å². The average molecular weight is 278 g/mol. The van der Waals surface area contributed by atoms with Crippen LogP contribution in [0.2, 0.25) is 0 Å². The monoisotopic (exact) mass is 278 g/mol. The van der Waals surface area contributed by atoms with E-state index < -0.39 is 11.6 Å². The molecule has 0 aliphatic heterocycles. The van der Waals surface area contributed by atoms with E-state index in [0.717, 1.165) is 25.1 Å². The first-order chi connectivity index (χ1) is 9.69. The summed E-state index contributed by atoms with van der Waals surface area (Å²) >= 11 is 0. The minimum atomic E-state index is -0.462. The van der Waals surface area contributed by atoms with Gasteiger partial charge in [-0.3, -0.25) is 0 Å². The molecule has 2 aromatic rings. The topological polar surface area (TPSA) is 49.8 Å². The number of nitrogens with one attached hydrogen (secondary N) is 2. The van der Waals surface area contributed by atoms with Crippen molar-refractivity contribution in [2.24, 2.45) is 0 Å². The second-order valence-electron chi connectivity index (χ2n) is 4.28. The molecule has 6 heteroatoms. The van der Waals surface area contributed by atoms with Crippen LogP contribution in [0.1, 0.15) is 18.9 Å². The summed E-state index contributed by atoms with van der Waals surface area (Å²) in [7, 11) is 0. The van der Waals surface area contributed by atoms with Crippen LogP contribution in [0.5, 0.6) is 0 Å². The van der Waals surface area contributed by atoms with E-state index >= 15 is 0 Å². The van der Waals surface area contributed by atoms with Gasteiger partial charge in [-0.05, 0) is 30.7 Å². The van der Waals surface area contributed by atoms with Crippen LogP contribution in [-0.4, -0.2) is 16.5 Å². The van der Waals surface area contributed by atoms with Crippen molar-refractivity contribution in [3.8, 4) is 0 Å². The van der Waals surface area contributed by atoms with Crippen molar-refractivity contribution < 1.29 is 8.78 Å². The molecule has 0 aliphatic carbocycles. The number of benzene rings is 1. The molecule has 1 aromatic carbocycles. The van der Waals surface area contributed by atoms with Gasteiger partial charge in [0.25, 0.3) is 0 Å². The van der Waals surface area contributed by atoms with Gasteiger partial charge in [-0.2, -0.15) is 4.98 Å². The van der Waals surface area contributed by atoms with E-state index in [0.29, 0.717) is 11.8 Å². The highest BCUT2D eigenvalue weighted by Crippen LogP contribution is 2.12. The summed E-state index contributed by atoms with van der Waals surface area (Å²) < 4.78 is 26.5. The molecule has 0 radical (unpaired) electrons. The summed E-state index contributed by atoms with van der Waals surface area (Å²) in [6.07, 6.45) is 2.57. The van der Waals surface area contributed by atoms with Crippen LogP contribution >= 0.6 is 0 Å². The maximum atomic E-state index is 13.5. The average Bonchev–Trinajstić information content (AvgIpc) is 2.46. The number of anilines is 2. The standard InChI is InChI=1S/C14H16F2N4/c1-2-6-17-14-18-7-5-13(20-14)19-9-10-8-11(15)3-4-12(10)16/h3-5,7-8H,2,6,9H2,1H3,(H2,17,18,19,20). The Kier molecular flexibility index (Phi) is 4.81. The van der Waals surface area contributed by atoms with Gasteiger partial charge in [0.2, 0.25) is 5.95 Å². The normalized spacial score (nSPS) is 10.3. The van der Waals surface area contributed by atoms with Crippen molar-refractivity contribution in [3.63, 3.8) is 0 Å². The van der Waals surface area contributed by atoms with Crippen molar-refractivity contribution in [2.45, 2.75) is 19.9 Å². The van der Waals surface area contributed by atoms with E-state index in [1.807, 2.05) is 6.92 Å². The van der Waals surface area contributed by atoms with Crippen molar-refractivity contribution in [1.82, 2.24) is 9.97 Å². The summed E-state index contributed by atoms with van der Waals surface area (Å²) in [5.41, 5.74) is 0.256. The summed E-state index contributed by atoms with van der Waals surface area (Å²) in [5.74, 6) is 0.160. The minimum absolute atomic E-state index is 0.161. The fourth-order valence-corrected chi connectivity index (χ4v) is 1.64. The van der Waals surface area contributed by atoms with E-state index in [2.05, 4.69) is 20.6 Å². The first kappa shape index (κ1) is 14.2. The number of hydrogen-bond donors (Lipinski definition) is 2. The molecule has 20 heavy (non-hydrogen) atoms. The predicted molar refractivity (Wildman–Crippen MR) is 74.5 cm³/mol. The van der Waals surface area contributed by atoms with Gasteiger partial charge in [0.05, 0.1) is 0 Å². The molecule has 106 valence electrons. The third kappa shape index (κ3) is 3.88. The highest BCUT2D eigenvalue weighted by molar-refractivity contribution is 5.40. The molecule has 2 N–H and O–H groups in total. The maximum absolute atomic E-state index is 13.5. The second kappa shape index (κ2) is 6.79. The van der Waals surface area contributed by atoms with Gasteiger partial charge in [-0.1, -0.05) is 6.92 Å². The number of halogens is 2. The zero-order valence-corrected chi connectivity index (χ0v) is 11.2. The number of hydrogen-bond acceptors (Lipinski definition) is 4. The van der Waals surface area contributed by atoms with Crippen molar-refractivity contribution in [3.05, 3.63) is 47.7 Å². The van der Waals surface area contributed by atoms with Crippen molar-refractivity contribution >= 4 is 11.8 Å². The Hall–Kier alpha value is -2.24. The molecule has 0 fully saturated rings. The molecule has 4 nitrogen and oxygen atoms in total. The van der Waals surface area contributed by atoms with Crippen LogP contribution in [-0.2, 0) is 6.54 Å². The van der Waals surface area contributed by atoms with E-state index in [1.165, 1.54) is 6.07 Å². The molecule has 0 bridgehead atoms. The molecule has 0 unspecified atom stereocenters. The van der Waals surface area contributed by atoms with E-state index in [1.54, 1.807) is 12.3 Å². The Labute approximate surface area is 116 Å². The fraction of sp³-hybridized carbons (Fsp3) is 0.286. The van der Waals surface area contributed by atoms with Gasteiger partial charge < -0.3 is 10.6 Å². The van der Waals surface area contributed by atoms with Crippen LogP contribution in [0, 0.1) is 11.6 Å². The Morgan fingerprint density at radius 2 is 2.00 bits per heavy atom. The first-order valence-electron chi connectivity index (χ1n) is 6.43. The highest BCUT2D eigenvalue weighted by Gasteiger charge is 2.04. The van der Waals surface area contributed by atoms with Crippen molar-refractivity contribution in [1.29, 1.82) is 0 Å². The lowest BCUT2D eigenvalue weighted by molar-refractivity contribution is 0.587. The van der Waals surface area contributed by atoms with Crippen LogP contribution in [0.25, 0.3) is 0 Å². The predicted octanol–water partition coefficient (Wildman–Crippen LogP) is 3.19. The molecule has 1 heterocycles. The Morgan fingerprint density at radius 1 is 1.15 bits per heavy atom. The Morgan fingerprint density at radius 3 is 2.80 bits per heavy atom. The van der Waals surface area contributed by atoms with Gasteiger partial charge in [-0.25, -0.2) is 13.8 Å². The first-order valence-corrected chi connectivity index (χ1v) is 6.43. The maximum Gasteiger partial charge on any atom is 0.224 e. The number of rotatable bonds is 6. The number of nitrogens with zero attached hydrogens (tertiary/aromatic N) is 2. The molecule has 0 saturated carbocycles. The summed E-state index contributed by atoms with van der Waals surface area (Å²) in [5, 5.41) is 6.01. The van der Waals surface area contributed by atoms with Gasteiger partial charge in [-0.15, -0.1) is 0 Å². The number of aromatic nitrogens is 2. The van der Waals surface area contributed by atoms with Crippen molar-refractivity contribution in [2.75, 3.05) is 17.2 Å². The fourth-order valence-electron chi connectivity index (χ4n) is 1.64. The van der Waals surface area contributed by atoms with E-state index in [9.17, 15) is 8.78 Å². The second-order valence-corrected chi connectivity index (χ2v) is 4.28. The summed E-state index contributed by atoms with van der Waals surface area (Å²) in [4.78, 5) is 8.30. The van der Waals surface area contributed by atoms with Gasteiger partial charge in [0.1, 0.15) is 17.5 Å². The zero-order valence-electron chi connectivity index (χ0n) is 11.2.